The molecule has 5 nitrogen and oxygen atoms in total. The summed E-state index contributed by atoms with van der Waals surface area (Å²) >= 11 is 5.90. The van der Waals surface area contributed by atoms with E-state index >= 15 is 0 Å². The molecule has 1 aromatic heterocycles. The molecular formula is C14H14ClFN4O. The van der Waals surface area contributed by atoms with Crippen LogP contribution in [0.25, 0.3) is 0 Å². The minimum Gasteiger partial charge on any atom is -0.458 e. The van der Waals surface area contributed by atoms with Crippen molar-refractivity contribution in [2.24, 2.45) is 0 Å². The molecule has 0 spiro atoms. The number of nitrogens with zero attached hydrogens (tertiary/aromatic N) is 4. The Bertz CT molecular complexity index is 634. The summed E-state index contributed by atoms with van der Waals surface area (Å²) in [5.41, 5.74) is 0.441. The summed E-state index contributed by atoms with van der Waals surface area (Å²) in [4.78, 5) is 14.3. The van der Waals surface area contributed by atoms with E-state index in [1.807, 2.05) is 4.90 Å². The van der Waals surface area contributed by atoms with Gasteiger partial charge >= 0.3 is 6.01 Å². The topological polar surface area (TPSA) is 51.1 Å². The van der Waals surface area contributed by atoms with Gasteiger partial charge in [0.2, 0.25) is 11.2 Å². The van der Waals surface area contributed by atoms with Gasteiger partial charge in [0.1, 0.15) is 12.4 Å². The minimum absolute atomic E-state index is 0.0481. The number of halogens is 2. The third-order valence-electron chi connectivity index (χ3n) is 3.28. The fraction of sp³-hybridized carbons (Fsp3) is 0.357. The minimum atomic E-state index is -0.322. The number of benzene rings is 1. The van der Waals surface area contributed by atoms with Crippen LogP contribution >= 0.6 is 11.6 Å². The van der Waals surface area contributed by atoms with Crippen molar-refractivity contribution in [3.63, 3.8) is 0 Å². The Labute approximate surface area is 126 Å². The van der Waals surface area contributed by atoms with Crippen LogP contribution in [0.3, 0.4) is 0 Å². The summed E-state index contributed by atoms with van der Waals surface area (Å²) < 4.78 is 19.0. The van der Waals surface area contributed by atoms with Crippen molar-refractivity contribution in [3.05, 3.63) is 40.9 Å². The Morgan fingerprint density at radius 1 is 1.14 bits per heavy atom. The van der Waals surface area contributed by atoms with Gasteiger partial charge in [0.15, 0.2) is 0 Å². The van der Waals surface area contributed by atoms with Crippen LogP contribution in [0.2, 0.25) is 5.28 Å². The molecule has 1 saturated heterocycles. The van der Waals surface area contributed by atoms with Gasteiger partial charge in [-0.05, 0) is 30.5 Å². The average molecular weight is 309 g/mol. The maximum Gasteiger partial charge on any atom is 0.322 e. The van der Waals surface area contributed by atoms with Crippen LogP contribution in [0.5, 0.6) is 6.01 Å². The van der Waals surface area contributed by atoms with Gasteiger partial charge in [-0.25, -0.2) is 4.39 Å². The number of aromatic nitrogens is 3. The zero-order valence-corrected chi connectivity index (χ0v) is 12.1. The van der Waals surface area contributed by atoms with Gasteiger partial charge in [0, 0.05) is 18.7 Å². The van der Waals surface area contributed by atoms with E-state index in [1.165, 1.54) is 6.07 Å². The largest absolute Gasteiger partial charge is 0.458 e. The van der Waals surface area contributed by atoms with E-state index in [9.17, 15) is 4.39 Å². The standard InChI is InChI=1S/C14H14ClFN4O/c15-12-17-13(20-7-3-4-8-20)19-14(18-12)21-9-10-5-1-2-6-11(10)16/h1-2,5-6H,3-4,7-9H2. The summed E-state index contributed by atoms with van der Waals surface area (Å²) in [6.07, 6.45) is 2.21. The van der Waals surface area contributed by atoms with E-state index in [0.29, 0.717) is 11.5 Å². The number of anilines is 1. The molecule has 0 bridgehead atoms. The third kappa shape index (κ3) is 3.39. The van der Waals surface area contributed by atoms with Gasteiger partial charge in [-0.1, -0.05) is 18.2 Å². The van der Waals surface area contributed by atoms with Crippen molar-refractivity contribution in [1.29, 1.82) is 0 Å². The first-order chi connectivity index (χ1) is 10.2. The van der Waals surface area contributed by atoms with E-state index in [0.717, 1.165) is 25.9 Å². The SMILES string of the molecule is Fc1ccccc1COc1nc(Cl)nc(N2CCCC2)n1. The highest BCUT2D eigenvalue weighted by Gasteiger charge is 2.17. The van der Waals surface area contributed by atoms with E-state index in [4.69, 9.17) is 16.3 Å². The summed E-state index contributed by atoms with van der Waals surface area (Å²) in [7, 11) is 0. The highest BCUT2D eigenvalue weighted by atomic mass is 35.5. The molecule has 7 heteroatoms. The lowest BCUT2D eigenvalue weighted by atomic mass is 10.2. The molecule has 110 valence electrons. The lowest BCUT2D eigenvalue weighted by Crippen LogP contribution is -2.21. The maximum atomic E-state index is 13.5. The van der Waals surface area contributed by atoms with E-state index in [2.05, 4.69) is 15.0 Å². The molecular weight excluding hydrogens is 295 g/mol. The van der Waals surface area contributed by atoms with Gasteiger partial charge in [-0.2, -0.15) is 15.0 Å². The second kappa shape index (κ2) is 6.22. The molecule has 1 aliphatic heterocycles. The van der Waals surface area contributed by atoms with Gasteiger partial charge in [0.05, 0.1) is 0 Å². The first-order valence-corrected chi connectivity index (χ1v) is 7.13. The maximum absolute atomic E-state index is 13.5. The fourth-order valence-electron chi connectivity index (χ4n) is 2.20. The lowest BCUT2D eigenvalue weighted by Gasteiger charge is -2.15. The van der Waals surface area contributed by atoms with Crippen molar-refractivity contribution in [1.82, 2.24) is 15.0 Å². The smallest absolute Gasteiger partial charge is 0.322 e. The van der Waals surface area contributed by atoms with Crippen LogP contribution in [0.4, 0.5) is 10.3 Å². The summed E-state index contributed by atoms with van der Waals surface area (Å²) in [6.45, 7) is 1.84. The first kappa shape index (κ1) is 14.0. The Morgan fingerprint density at radius 3 is 2.67 bits per heavy atom. The highest BCUT2D eigenvalue weighted by Crippen LogP contribution is 2.20. The molecule has 1 fully saturated rings. The quantitative estimate of drug-likeness (QED) is 0.869. The van der Waals surface area contributed by atoms with Gasteiger partial charge in [0.25, 0.3) is 0 Å². The van der Waals surface area contributed by atoms with Crippen molar-refractivity contribution in [2.45, 2.75) is 19.4 Å². The highest BCUT2D eigenvalue weighted by molar-refractivity contribution is 6.28. The summed E-state index contributed by atoms with van der Waals surface area (Å²) in [5, 5.41) is 0.0791. The Balaban J connectivity index is 1.74. The van der Waals surface area contributed by atoms with Crippen LogP contribution in [0, 0.1) is 5.82 Å². The zero-order chi connectivity index (χ0) is 14.7. The predicted octanol–water partition coefficient (Wildman–Crippen LogP) is 2.84. The van der Waals surface area contributed by atoms with Crippen molar-refractivity contribution in [2.75, 3.05) is 18.0 Å². The molecule has 0 amide bonds. The third-order valence-corrected chi connectivity index (χ3v) is 3.45. The van der Waals surface area contributed by atoms with Gasteiger partial charge < -0.3 is 9.64 Å². The monoisotopic (exact) mass is 308 g/mol. The average Bonchev–Trinajstić information content (AvgIpc) is 3.00. The molecule has 0 saturated carbocycles. The molecule has 0 unspecified atom stereocenters. The number of ether oxygens (including phenoxy) is 1. The Kier molecular flexibility index (Phi) is 4.15. The molecule has 0 aliphatic carbocycles. The van der Waals surface area contributed by atoms with E-state index < -0.39 is 0 Å². The molecule has 21 heavy (non-hydrogen) atoms. The summed E-state index contributed by atoms with van der Waals surface area (Å²) in [6, 6.07) is 6.52. The molecule has 0 radical (unpaired) electrons. The molecule has 1 aromatic carbocycles. The molecule has 0 atom stereocenters. The second-order valence-corrected chi connectivity index (χ2v) is 5.10. The molecule has 2 heterocycles. The van der Waals surface area contributed by atoms with Crippen LogP contribution < -0.4 is 9.64 Å². The van der Waals surface area contributed by atoms with Crippen LogP contribution in [-0.4, -0.2) is 28.0 Å². The van der Waals surface area contributed by atoms with Crippen LogP contribution in [0.15, 0.2) is 24.3 Å². The number of rotatable bonds is 4. The van der Waals surface area contributed by atoms with Crippen molar-refractivity contribution in [3.8, 4) is 6.01 Å². The number of hydrogen-bond acceptors (Lipinski definition) is 5. The van der Waals surface area contributed by atoms with E-state index in [1.54, 1.807) is 18.2 Å². The van der Waals surface area contributed by atoms with Crippen molar-refractivity contribution < 1.29 is 9.13 Å². The Hall–Kier alpha value is -1.95. The number of hydrogen-bond donors (Lipinski definition) is 0. The van der Waals surface area contributed by atoms with Crippen molar-refractivity contribution >= 4 is 17.5 Å². The zero-order valence-electron chi connectivity index (χ0n) is 11.3. The van der Waals surface area contributed by atoms with Crippen LogP contribution in [0.1, 0.15) is 18.4 Å². The molecule has 0 N–H and O–H groups in total. The van der Waals surface area contributed by atoms with E-state index in [-0.39, 0.29) is 23.7 Å². The molecule has 2 aromatic rings. The molecule has 1 aliphatic rings. The van der Waals surface area contributed by atoms with Crippen LogP contribution in [-0.2, 0) is 6.61 Å². The first-order valence-electron chi connectivity index (χ1n) is 6.75. The predicted molar refractivity (Wildman–Crippen MR) is 77.0 cm³/mol. The van der Waals surface area contributed by atoms with Gasteiger partial charge in [-0.15, -0.1) is 0 Å². The Morgan fingerprint density at radius 2 is 1.90 bits per heavy atom. The fourth-order valence-corrected chi connectivity index (χ4v) is 2.35. The second-order valence-electron chi connectivity index (χ2n) is 4.76. The normalized spacial score (nSPS) is 14.5. The van der Waals surface area contributed by atoms with Gasteiger partial charge in [-0.3, -0.25) is 0 Å². The lowest BCUT2D eigenvalue weighted by molar-refractivity contribution is 0.274. The summed E-state index contributed by atoms with van der Waals surface area (Å²) in [5.74, 6) is 0.188. The molecule has 3 rings (SSSR count).